The topological polar surface area (TPSA) is 110 Å². The summed E-state index contributed by atoms with van der Waals surface area (Å²) in [5.41, 5.74) is 3.33. The maximum atomic E-state index is 13.4. The Morgan fingerprint density at radius 2 is 1.95 bits per heavy atom. The number of carbonyl (C=O) groups is 4. The molecule has 9 heteroatoms. The number of para-hydroxylation sites is 1. The minimum absolute atomic E-state index is 0.0455. The smallest absolute Gasteiger partial charge is 0.335 e. The highest BCUT2D eigenvalue weighted by Crippen LogP contribution is 2.29. The van der Waals surface area contributed by atoms with E-state index in [-0.39, 0.29) is 24.1 Å². The number of ether oxygens (including phenoxy) is 1. The molecule has 1 atom stereocenters. The second kappa shape index (κ2) is 10.0. The number of imide groups is 2. The predicted molar refractivity (Wildman–Crippen MR) is 139 cm³/mol. The van der Waals surface area contributed by atoms with Crippen LogP contribution in [0.1, 0.15) is 29.5 Å². The van der Waals surface area contributed by atoms with Crippen LogP contribution >= 0.6 is 0 Å². The molecule has 5 rings (SSSR count). The summed E-state index contributed by atoms with van der Waals surface area (Å²) in [4.78, 5) is 52.5. The molecule has 0 saturated carbocycles. The number of nitrogens with one attached hydrogen (secondary N) is 2. The molecule has 0 bridgehead atoms. The van der Waals surface area contributed by atoms with Gasteiger partial charge in [-0.25, -0.2) is 9.69 Å². The van der Waals surface area contributed by atoms with E-state index in [1.54, 1.807) is 22.9 Å². The van der Waals surface area contributed by atoms with Crippen molar-refractivity contribution in [3.05, 3.63) is 70.9 Å². The van der Waals surface area contributed by atoms with E-state index in [0.717, 1.165) is 46.4 Å². The third-order valence-electron chi connectivity index (χ3n) is 6.90. The number of urea groups is 1. The van der Waals surface area contributed by atoms with E-state index in [0.29, 0.717) is 17.8 Å². The molecule has 0 radical (unpaired) electrons. The van der Waals surface area contributed by atoms with Gasteiger partial charge in [-0.15, -0.1) is 0 Å². The van der Waals surface area contributed by atoms with Crippen LogP contribution in [0.15, 0.2) is 54.2 Å². The standard InChI is InChI=1S/C28H28N4O5/c1-17-7-5-11-23(18(17)2)32-27(35)22(26(34)30-28(32)36)13-19-15-31(24-10-4-3-9-21(19)24)16-25(33)29-14-20-8-6-12-37-20/h3-5,7,9-11,13,15,20H,6,8,12,14,16H2,1-2H3,(H,29,33)(H,30,34,36). The number of rotatable bonds is 6. The van der Waals surface area contributed by atoms with E-state index in [9.17, 15) is 19.2 Å². The van der Waals surface area contributed by atoms with Gasteiger partial charge in [0.1, 0.15) is 12.1 Å². The maximum Gasteiger partial charge on any atom is 0.335 e. The molecular weight excluding hydrogens is 472 g/mol. The lowest BCUT2D eigenvalue weighted by Crippen LogP contribution is -2.54. The third-order valence-corrected chi connectivity index (χ3v) is 6.90. The summed E-state index contributed by atoms with van der Waals surface area (Å²) in [6.45, 7) is 4.97. The second-order valence-corrected chi connectivity index (χ2v) is 9.35. The summed E-state index contributed by atoms with van der Waals surface area (Å²) in [5, 5.41) is 5.98. The number of amides is 5. The van der Waals surface area contributed by atoms with Gasteiger partial charge in [-0.2, -0.15) is 0 Å². The van der Waals surface area contributed by atoms with Crippen LogP contribution in [0, 0.1) is 13.8 Å². The van der Waals surface area contributed by atoms with Crippen molar-refractivity contribution in [1.82, 2.24) is 15.2 Å². The largest absolute Gasteiger partial charge is 0.376 e. The molecule has 190 valence electrons. The molecule has 2 saturated heterocycles. The number of hydrogen-bond donors (Lipinski definition) is 2. The van der Waals surface area contributed by atoms with Gasteiger partial charge in [0, 0.05) is 35.8 Å². The highest BCUT2D eigenvalue weighted by atomic mass is 16.5. The molecule has 2 aromatic carbocycles. The molecule has 3 aromatic rings. The number of barbiturate groups is 1. The van der Waals surface area contributed by atoms with E-state index in [1.807, 2.05) is 44.2 Å². The molecule has 2 aliphatic heterocycles. The number of nitrogens with zero attached hydrogens (tertiary/aromatic N) is 2. The van der Waals surface area contributed by atoms with Crippen LogP contribution < -0.4 is 15.5 Å². The average Bonchev–Trinajstić information content (AvgIpc) is 3.51. The zero-order chi connectivity index (χ0) is 26.1. The number of hydrogen-bond acceptors (Lipinski definition) is 5. The summed E-state index contributed by atoms with van der Waals surface area (Å²) in [5.74, 6) is -1.62. The number of aryl methyl sites for hydroxylation is 1. The Bertz CT molecular complexity index is 1450. The highest BCUT2D eigenvalue weighted by Gasteiger charge is 2.37. The number of anilines is 1. The molecule has 2 fully saturated rings. The predicted octanol–water partition coefficient (Wildman–Crippen LogP) is 3.22. The van der Waals surface area contributed by atoms with Crippen LogP contribution in [0.4, 0.5) is 10.5 Å². The van der Waals surface area contributed by atoms with E-state index >= 15 is 0 Å². The number of aromatic nitrogens is 1. The van der Waals surface area contributed by atoms with Crippen LogP contribution in [0.25, 0.3) is 17.0 Å². The van der Waals surface area contributed by atoms with Gasteiger partial charge in [0.05, 0.1) is 11.8 Å². The first kappa shape index (κ1) is 24.5. The van der Waals surface area contributed by atoms with Crippen molar-refractivity contribution in [2.45, 2.75) is 39.3 Å². The van der Waals surface area contributed by atoms with Gasteiger partial charge in [0.25, 0.3) is 11.8 Å². The fourth-order valence-electron chi connectivity index (χ4n) is 4.77. The Kier molecular flexibility index (Phi) is 6.62. The lowest BCUT2D eigenvalue weighted by atomic mass is 10.0. The first-order chi connectivity index (χ1) is 17.8. The third kappa shape index (κ3) is 4.77. The van der Waals surface area contributed by atoms with Crippen LogP contribution in [-0.2, 0) is 25.7 Å². The van der Waals surface area contributed by atoms with Crippen molar-refractivity contribution < 1.29 is 23.9 Å². The Balaban J connectivity index is 1.46. The molecule has 37 heavy (non-hydrogen) atoms. The van der Waals surface area contributed by atoms with Crippen molar-refractivity contribution in [1.29, 1.82) is 0 Å². The van der Waals surface area contributed by atoms with Crippen molar-refractivity contribution in [2.75, 3.05) is 18.1 Å². The van der Waals surface area contributed by atoms with Gasteiger partial charge >= 0.3 is 6.03 Å². The van der Waals surface area contributed by atoms with Crippen LogP contribution in [0.5, 0.6) is 0 Å². The van der Waals surface area contributed by atoms with E-state index in [2.05, 4.69) is 10.6 Å². The van der Waals surface area contributed by atoms with Crippen LogP contribution in [0.3, 0.4) is 0 Å². The molecule has 5 amide bonds. The molecule has 0 aliphatic carbocycles. The van der Waals surface area contributed by atoms with Gasteiger partial charge in [-0.3, -0.25) is 19.7 Å². The summed E-state index contributed by atoms with van der Waals surface area (Å²) in [6.07, 6.45) is 5.19. The van der Waals surface area contributed by atoms with Crippen LogP contribution in [0.2, 0.25) is 0 Å². The Labute approximate surface area is 214 Å². The zero-order valence-corrected chi connectivity index (χ0v) is 20.7. The Hall–Kier alpha value is -4.24. The van der Waals surface area contributed by atoms with Gasteiger partial charge in [0.2, 0.25) is 5.91 Å². The Morgan fingerprint density at radius 3 is 2.73 bits per heavy atom. The minimum Gasteiger partial charge on any atom is -0.376 e. The monoisotopic (exact) mass is 500 g/mol. The average molecular weight is 501 g/mol. The van der Waals surface area contributed by atoms with Gasteiger partial charge in [0.15, 0.2) is 0 Å². The number of carbonyl (C=O) groups excluding carboxylic acids is 4. The van der Waals surface area contributed by atoms with E-state index < -0.39 is 17.8 Å². The molecule has 1 aromatic heterocycles. The zero-order valence-electron chi connectivity index (χ0n) is 20.7. The van der Waals surface area contributed by atoms with Crippen molar-refractivity contribution in [2.24, 2.45) is 0 Å². The number of fused-ring (bicyclic) bond motifs is 1. The normalized spacial score (nSPS) is 19.1. The molecule has 1 unspecified atom stereocenters. The summed E-state index contributed by atoms with van der Waals surface area (Å²) >= 11 is 0. The SMILES string of the molecule is Cc1cccc(N2C(=O)NC(=O)C(=Cc3cn(CC(=O)NCC4CCCO4)c4ccccc34)C2=O)c1C. The second-order valence-electron chi connectivity index (χ2n) is 9.35. The minimum atomic E-state index is -0.786. The fourth-order valence-corrected chi connectivity index (χ4v) is 4.77. The molecule has 3 heterocycles. The van der Waals surface area contributed by atoms with Crippen molar-refractivity contribution in [3.8, 4) is 0 Å². The highest BCUT2D eigenvalue weighted by molar-refractivity contribution is 6.39. The van der Waals surface area contributed by atoms with Crippen LogP contribution in [-0.4, -0.2) is 47.6 Å². The summed E-state index contributed by atoms with van der Waals surface area (Å²) in [7, 11) is 0. The molecule has 0 spiro atoms. The molecule has 2 aliphatic rings. The summed E-state index contributed by atoms with van der Waals surface area (Å²) < 4.78 is 7.35. The lowest BCUT2D eigenvalue weighted by Gasteiger charge is -2.28. The maximum absolute atomic E-state index is 13.4. The molecule has 9 nitrogen and oxygen atoms in total. The first-order valence-electron chi connectivity index (χ1n) is 12.3. The van der Waals surface area contributed by atoms with Gasteiger partial charge in [-0.05, 0) is 56.0 Å². The summed E-state index contributed by atoms with van der Waals surface area (Å²) in [6, 6.07) is 12.0. The van der Waals surface area contributed by atoms with Gasteiger partial charge in [-0.1, -0.05) is 30.3 Å². The lowest BCUT2D eigenvalue weighted by molar-refractivity contribution is -0.123. The van der Waals surface area contributed by atoms with Crippen molar-refractivity contribution >= 4 is 46.4 Å². The van der Waals surface area contributed by atoms with Gasteiger partial charge < -0.3 is 14.6 Å². The first-order valence-corrected chi connectivity index (χ1v) is 12.3. The Morgan fingerprint density at radius 1 is 1.14 bits per heavy atom. The fraction of sp³-hybridized carbons (Fsp3) is 0.286. The van der Waals surface area contributed by atoms with E-state index in [1.165, 1.54) is 6.08 Å². The molecule has 2 N–H and O–H groups in total. The number of benzene rings is 2. The quantitative estimate of drug-likeness (QED) is 0.399. The van der Waals surface area contributed by atoms with Crippen molar-refractivity contribution in [3.63, 3.8) is 0 Å². The molecular formula is C28H28N4O5. The van der Waals surface area contributed by atoms with E-state index in [4.69, 9.17) is 4.74 Å².